The molecule has 4 rings (SSSR count). The Balaban J connectivity index is 1.64. The van der Waals surface area contributed by atoms with E-state index in [9.17, 15) is 46.0 Å². The summed E-state index contributed by atoms with van der Waals surface area (Å²) >= 11 is 0. The van der Waals surface area contributed by atoms with E-state index in [0.717, 1.165) is 0 Å². The van der Waals surface area contributed by atoms with Crippen LogP contribution in [0.1, 0.15) is 62.3 Å². The molecule has 23 nitrogen and oxygen atoms in total. The summed E-state index contributed by atoms with van der Waals surface area (Å²) in [5.74, 6) is -8.81. The van der Waals surface area contributed by atoms with Crippen molar-refractivity contribution in [2.45, 2.75) is 164 Å². The molecule has 0 aromatic rings. The van der Waals surface area contributed by atoms with Gasteiger partial charge < -0.3 is 114 Å². The number of aliphatic hydroxyl groups excluding tert-OH is 9. The predicted molar refractivity (Wildman–Crippen MR) is 225 cm³/mol. The zero-order chi connectivity index (χ0) is 48.8. The highest BCUT2D eigenvalue weighted by Gasteiger charge is 2.64. The number of rotatable bonds is 25. The Morgan fingerprint density at radius 1 is 0.477 bits per heavy atom. The van der Waals surface area contributed by atoms with E-state index in [1.165, 1.54) is 0 Å². The number of hydrogen-bond acceptors (Lipinski definition) is 23. The standard InChI is InChI=1S/C42H80N2O21/c1-36(2,3)20-55-14-24-28(47)32(51)39(18-45,61-24)58-16-26-29(48)33(52)41(63-26,59-17-27-30(49)34(53)42(64-27,22-54-12-10-43)65-38(7,8)9)23-60-40(19-46)35(57-13-11-44)31(50)25(62-40)15-56-21-37(4,5)6/h24-35,45-53H,10-23,43-44H2,1-9H3. The van der Waals surface area contributed by atoms with Crippen molar-refractivity contribution in [2.75, 3.05) is 92.4 Å². The first-order chi connectivity index (χ1) is 30.2. The summed E-state index contributed by atoms with van der Waals surface area (Å²) in [5, 5.41) is 101. The second kappa shape index (κ2) is 22.9. The molecule has 4 saturated heterocycles. The molecule has 13 N–H and O–H groups in total. The lowest BCUT2D eigenvalue weighted by atomic mass is 9.98. The highest BCUT2D eigenvalue weighted by Crippen LogP contribution is 2.43. The third kappa shape index (κ3) is 13.9. The first-order valence-corrected chi connectivity index (χ1v) is 22.2. The lowest BCUT2D eigenvalue weighted by Crippen LogP contribution is -2.57. The summed E-state index contributed by atoms with van der Waals surface area (Å²) in [4.78, 5) is 0. The van der Waals surface area contributed by atoms with Gasteiger partial charge in [-0.2, -0.15) is 0 Å². The van der Waals surface area contributed by atoms with Crippen LogP contribution in [-0.4, -0.2) is 240 Å². The molecule has 0 aromatic carbocycles. The average Bonchev–Trinajstić information content (AvgIpc) is 3.81. The minimum atomic E-state index is -2.46. The van der Waals surface area contributed by atoms with E-state index >= 15 is 0 Å². The minimum Gasteiger partial charge on any atom is -0.391 e. The molecule has 0 aliphatic carbocycles. The van der Waals surface area contributed by atoms with E-state index in [-0.39, 0.29) is 70.2 Å². The van der Waals surface area contributed by atoms with Crippen molar-refractivity contribution < 1.29 is 103 Å². The van der Waals surface area contributed by atoms with Crippen molar-refractivity contribution in [3.8, 4) is 0 Å². The van der Waals surface area contributed by atoms with E-state index in [2.05, 4.69) is 0 Å². The Bertz CT molecular complexity index is 1440. The van der Waals surface area contributed by atoms with E-state index in [1.54, 1.807) is 20.8 Å². The van der Waals surface area contributed by atoms with Gasteiger partial charge in [-0.1, -0.05) is 41.5 Å². The van der Waals surface area contributed by atoms with Crippen LogP contribution in [0.15, 0.2) is 0 Å². The summed E-state index contributed by atoms with van der Waals surface area (Å²) in [7, 11) is 0. The first kappa shape index (κ1) is 56.7. The summed E-state index contributed by atoms with van der Waals surface area (Å²) < 4.78 is 71.8. The molecular weight excluding hydrogens is 868 g/mol. The smallest absolute Gasteiger partial charge is 0.222 e. The van der Waals surface area contributed by atoms with Gasteiger partial charge in [0.2, 0.25) is 23.1 Å². The summed E-state index contributed by atoms with van der Waals surface area (Å²) in [6.07, 6.45) is -18.7. The summed E-state index contributed by atoms with van der Waals surface area (Å²) in [6.45, 7) is 12.6. The molecule has 0 saturated carbocycles. The molecule has 16 unspecified atom stereocenters. The fourth-order valence-electron chi connectivity index (χ4n) is 7.92. The van der Waals surface area contributed by atoms with Crippen LogP contribution in [-0.2, 0) is 56.8 Å². The highest BCUT2D eigenvalue weighted by atomic mass is 16.8. The number of nitrogens with two attached hydrogens (primary N) is 2. The van der Waals surface area contributed by atoms with Crippen LogP contribution >= 0.6 is 0 Å². The van der Waals surface area contributed by atoms with Gasteiger partial charge in [0, 0.05) is 13.1 Å². The molecule has 4 aliphatic heterocycles. The second-order valence-electron chi connectivity index (χ2n) is 20.7. The van der Waals surface area contributed by atoms with E-state index in [1.807, 2.05) is 41.5 Å². The van der Waals surface area contributed by atoms with Gasteiger partial charge in [-0.25, -0.2) is 0 Å². The van der Waals surface area contributed by atoms with Crippen LogP contribution in [0, 0.1) is 10.8 Å². The maximum Gasteiger partial charge on any atom is 0.222 e. The maximum absolute atomic E-state index is 11.9. The topological polar surface area (TPSA) is 345 Å². The monoisotopic (exact) mass is 949 g/mol. The SMILES string of the molecule is CC(C)(C)COCC1OC(CO)(OCC2OC(COC3(CO)OC(COCC(C)(C)C)C(O)C3OCCN)(OCC3OC(COCCN)(OC(C)(C)C)C(O)C3O)C(O)C2O)C(O)C1O. The van der Waals surface area contributed by atoms with Crippen molar-refractivity contribution in [3.63, 3.8) is 0 Å². The second-order valence-corrected chi connectivity index (χ2v) is 20.7. The minimum absolute atomic E-state index is 0.0153. The molecule has 4 fully saturated rings. The largest absolute Gasteiger partial charge is 0.391 e. The van der Waals surface area contributed by atoms with Crippen molar-refractivity contribution >= 4 is 0 Å². The maximum atomic E-state index is 11.9. The van der Waals surface area contributed by atoms with Gasteiger partial charge in [0.05, 0.1) is 58.5 Å². The molecule has 4 heterocycles. The molecule has 0 radical (unpaired) electrons. The zero-order valence-electron chi connectivity index (χ0n) is 39.4. The molecule has 384 valence electrons. The first-order valence-electron chi connectivity index (χ1n) is 22.2. The lowest BCUT2D eigenvalue weighted by molar-refractivity contribution is -0.353. The number of hydrogen-bond donors (Lipinski definition) is 11. The fraction of sp³-hybridized carbons (Fsp3) is 1.00. The van der Waals surface area contributed by atoms with Gasteiger partial charge in [-0.05, 0) is 31.6 Å². The van der Waals surface area contributed by atoms with Crippen LogP contribution in [0.4, 0.5) is 0 Å². The number of ether oxygens (including phenoxy) is 12. The Morgan fingerprint density at radius 3 is 1.37 bits per heavy atom. The van der Waals surface area contributed by atoms with E-state index in [4.69, 9.17) is 68.3 Å². The van der Waals surface area contributed by atoms with Gasteiger partial charge in [0.15, 0.2) is 0 Å². The molecule has 0 bridgehead atoms. The molecular formula is C42H80N2O21. The summed E-state index contributed by atoms with van der Waals surface area (Å²) in [5.41, 5.74) is 9.94. The van der Waals surface area contributed by atoms with Crippen LogP contribution in [0.2, 0.25) is 0 Å². The number of aliphatic hydroxyl groups is 9. The third-order valence-electron chi connectivity index (χ3n) is 11.0. The molecule has 23 heteroatoms. The van der Waals surface area contributed by atoms with E-state index in [0.29, 0.717) is 0 Å². The molecule has 16 atom stereocenters. The van der Waals surface area contributed by atoms with Crippen molar-refractivity contribution in [3.05, 3.63) is 0 Å². The Labute approximate surface area is 381 Å². The quantitative estimate of drug-likeness (QED) is 0.0391. The Hall–Kier alpha value is -0.920. The third-order valence-corrected chi connectivity index (χ3v) is 11.0. The van der Waals surface area contributed by atoms with Crippen LogP contribution in [0.5, 0.6) is 0 Å². The normalized spacial score (nSPS) is 40.4. The zero-order valence-corrected chi connectivity index (χ0v) is 39.4. The van der Waals surface area contributed by atoms with E-state index < -0.39 is 135 Å². The van der Waals surface area contributed by atoms with Crippen LogP contribution < -0.4 is 11.5 Å². The van der Waals surface area contributed by atoms with Crippen molar-refractivity contribution in [1.29, 1.82) is 0 Å². The lowest BCUT2D eigenvalue weighted by Gasteiger charge is -2.39. The highest BCUT2D eigenvalue weighted by molar-refractivity contribution is 5.04. The Morgan fingerprint density at radius 2 is 0.892 bits per heavy atom. The molecule has 0 spiro atoms. The van der Waals surface area contributed by atoms with Gasteiger partial charge in [-0.3, -0.25) is 0 Å². The van der Waals surface area contributed by atoms with Crippen LogP contribution in [0.3, 0.4) is 0 Å². The van der Waals surface area contributed by atoms with Gasteiger partial charge in [0.25, 0.3) is 0 Å². The van der Waals surface area contributed by atoms with Gasteiger partial charge >= 0.3 is 0 Å². The molecule has 0 aromatic heterocycles. The average molecular weight is 949 g/mol. The fourth-order valence-corrected chi connectivity index (χ4v) is 7.92. The van der Waals surface area contributed by atoms with Crippen molar-refractivity contribution in [2.24, 2.45) is 22.3 Å². The molecule has 0 amide bonds. The predicted octanol–water partition coefficient (Wildman–Crippen LogP) is -3.81. The van der Waals surface area contributed by atoms with Gasteiger partial charge in [0.1, 0.15) is 99.7 Å². The Kier molecular flexibility index (Phi) is 19.9. The summed E-state index contributed by atoms with van der Waals surface area (Å²) in [6, 6.07) is 0. The van der Waals surface area contributed by atoms with Crippen LogP contribution in [0.25, 0.3) is 0 Å². The molecule has 65 heavy (non-hydrogen) atoms. The molecule has 4 aliphatic rings. The van der Waals surface area contributed by atoms with Crippen molar-refractivity contribution in [1.82, 2.24) is 0 Å². The van der Waals surface area contributed by atoms with Gasteiger partial charge in [-0.15, -0.1) is 0 Å².